The molecule has 0 atom stereocenters. The van der Waals surface area contributed by atoms with E-state index < -0.39 is 11.9 Å². The van der Waals surface area contributed by atoms with Crippen LogP contribution in [0.15, 0.2) is 28.2 Å². The van der Waals surface area contributed by atoms with E-state index in [4.69, 9.17) is 11.6 Å². The highest BCUT2D eigenvalue weighted by Crippen LogP contribution is 2.21. The van der Waals surface area contributed by atoms with Gasteiger partial charge in [0, 0.05) is 17.6 Å². The number of carbonyl (C=O) groups is 2. The molecule has 3 rings (SSSR count). The zero-order chi connectivity index (χ0) is 20.8. The van der Waals surface area contributed by atoms with Crippen molar-refractivity contribution in [2.45, 2.75) is 63.2 Å². The highest BCUT2D eigenvalue weighted by molar-refractivity contribution is 7.99. The molecule has 3 amide bonds. The number of hydrogen-bond donors (Lipinski definition) is 2. The molecule has 1 saturated carbocycles. The van der Waals surface area contributed by atoms with E-state index in [2.05, 4.69) is 15.6 Å². The highest BCUT2D eigenvalue weighted by atomic mass is 35.5. The third kappa shape index (κ3) is 5.73. The van der Waals surface area contributed by atoms with Crippen LogP contribution in [0.5, 0.6) is 0 Å². The van der Waals surface area contributed by atoms with Crippen molar-refractivity contribution >= 4 is 46.2 Å². The molecule has 1 aromatic heterocycles. The van der Waals surface area contributed by atoms with E-state index in [0.29, 0.717) is 27.6 Å². The molecule has 1 aliphatic rings. The van der Waals surface area contributed by atoms with Gasteiger partial charge in [0.1, 0.15) is 0 Å². The fourth-order valence-corrected chi connectivity index (χ4v) is 4.46. The van der Waals surface area contributed by atoms with Gasteiger partial charge in [-0.15, -0.1) is 0 Å². The summed E-state index contributed by atoms with van der Waals surface area (Å²) in [6.45, 7) is 2.46. The van der Waals surface area contributed by atoms with Gasteiger partial charge >= 0.3 is 6.03 Å². The smallest absolute Gasteiger partial charge is 0.321 e. The molecule has 0 radical (unpaired) electrons. The Morgan fingerprint density at radius 3 is 2.76 bits per heavy atom. The summed E-state index contributed by atoms with van der Waals surface area (Å²) in [7, 11) is 0. The van der Waals surface area contributed by atoms with Crippen LogP contribution in [0.1, 0.15) is 45.4 Å². The number of thioether (sulfide) groups is 1. The van der Waals surface area contributed by atoms with Crippen molar-refractivity contribution in [1.29, 1.82) is 0 Å². The zero-order valence-corrected chi connectivity index (χ0v) is 17.9. The average Bonchev–Trinajstić information content (AvgIpc) is 2.69. The second-order valence-corrected chi connectivity index (χ2v) is 8.54. The summed E-state index contributed by atoms with van der Waals surface area (Å²) in [6, 6.07) is 4.62. The number of halogens is 1. The maximum Gasteiger partial charge on any atom is 0.321 e. The minimum atomic E-state index is -0.466. The average molecular weight is 437 g/mol. The summed E-state index contributed by atoms with van der Waals surface area (Å²) in [5.74, 6) is -0.438. The number of benzene rings is 1. The number of urea groups is 1. The molecule has 0 saturated heterocycles. The first kappa shape index (κ1) is 21.6. The lowest BCUT2D eigenvalue weighted by Gasteiger charge is -2.22. The summed E-state index contributed by atoms with van der Waals surface area (Å²) in [4.78, 5) is 41.6. The fraction of sp³-hybridized carbons (Fsp3) is 0.500. The Hall–Kier alpha value is -2.06. The predicted octanol–water partition coefficient (Wildman–Crippen LogP) is 3.71. The van der Waals surface area contributed by atoms with Gasteiger partial charge in [-0.25, -0.2) is 9.78 Å². The van der Waals surface area contributed by atoms with Gasteiger partial charge in [-0.1, -0.05) is 49.5 Å². The van der Waals surface area contributed by atoms with E-state index in [9.17, 15) is 14.4 Å². The zero-order valence-electron chi connectivity index (χ0n) is 16.4. The van der Waals surface area contributed by atoms with E-state index in [1.807, 2.05) is 6.92 Å². The van der Waals surface area contributed by atoms with Gasteiger partial charge in [-0.05, 0) is 37.5 Å². The molecule has 0 spiro atoms. The number of nitrogens with zero attached hydrogens (tertiary/aromatic N) is 2. The Bertz CT molecular complexity index is 957. The minimum absolute atomic E-state index is 0.0136. The molecule has 1 aliphatic carbocycles. The molecule has 2 N–H and O–H groups in total. The standard InChI is InChI=1S/C20H25ClN4O3S/c1-2-10-25-18(27)15-9-8-13(21)11-16(15)23-20(25)29-12-17(26)24-19(28)22-14-6-4-3-5-7-14/h8-9,11,14H,2-7,10,12H2,1H3,(H2,22,24,26,28). The van der Waals surface area contributed by atoms with Crippen molar-refractivity contribution in [2.24, 2.45) is 0 Å². The van der Waals surface area contributed by atoms with Gasteiger partial charge in [0.05, 0.1) is 16.7 Å². The normalized spacial score (nSPS) is 14.7. The third-order valence-electron chi connectivity index (χ3n) is 4.86. The molecule has 0 aliphatic heterocycles. The molecule has 1 aromatic carbocycles. The SMILES string of the molecule is CCCn1c(SCC(=O)NC(=O)NC2CCCCC2)nc2cc(Cl)ccc2c1=O. The monoisotopic (exact) mass is 436 g/mol. The van der Waals surface area contributed by atoms with E-state index in [0.717, 1.165) is 43.9 Å². The van der Waals surface area contributed by atoms with Crippen molar-refractivity contribution < 1.29 is 9.59 Å². The summed E-state index contributed by atoms with van der Waals surface area (Å²) < 4.78 is 1.57. The Kier molecular flexibility index (Phi) is 7.55. The van der Waals surface area contributed by atoms with E-state index in [-0.39, 0.29) is 17.4 Å². The summed E-state index contributed by atoms with van der Waals surface area (Å²) >= 11 is 7.16. The number of amides is 3. The molecule has 1 fully saturated rings. The highest BCUT2D eigenvalue weighted by Gasteiger charge is 2.18. The largest absolute Gasteiger partial charge is 0.335 e. The molecule has 1 heterocycles. The van der Waals surface area contributed by atoms with Gasteiger partial charge < -0.3 is 5.32 Å². The molecule has 7 nitrogen and oxygen atoms in total. The van der Waals surface area contributed by atoms with Crippen LogP contribution in [0.2, 0.25) is 5.02 Å². The lowest BCUT2D eigenvalue weighted by atomic mass is 9.96. The van der Waals surface area contributed by atoms with Gasteiger partial charge in [0.25, 0.3) is 5.56 Å². The molecule has 0 unspecified atom stereocenters. The third-order valence-corrected chi connectivity index (χ3v) is 6.07. The fourth-order valence-electron chi connectivity index (χ4n) is 3.47. The Morgan fingerprint density at radius 1 is 1.28 bits per heavy atom. The first-order chi connectivity index (χ1) is 14.0. The van der Waals surface area contributed by atoms with Crippen LogP contribution in [0.4, 0.5) is 4.79 Å². The number of fused-ring (bicyclic) bond motifs is 1. The van der Waals surface area contributed by atoms with Gasteiger partial charge in [0.2, 0.25) is 5.91 Å². The second-order valence-electron chi connectivity index (χ2n) is 7.16. The predicted molar refractivity (Wildman–Crippen MR) is 116 cm³/mol. The van der Waals surface area contributed by atoms with Gasteiger partial charge in [-0.3, -0.25) is 19.5 Å². The number of aromatic nitrogens is 2. The van der Waals surface area contributed by atoms with Gasteiger partial charge in [-0.2, -0.15) is 0 Å². The number of nitrogens with one attached hydrogen (secondary N) is 2. The summed E-state index contributed by atoms with van der Waals surface area (Å²) in [6.07, 6.45) is 6.04. The van der Waals surface area contributed by atoms with Crippen LogP contribution in [-0.4, -0.2) is 33.3 Å². The van der Waals surface area contributed by atoms with Gasteiger partial charge in [0.15, 0.2) is 5.16 Å². The second kappa shape index (κ2) is 10.1. The van der Waals surface area contributed by atoms with Crippen molar-refractivity contribution in [3.05, 3.63) is 33.6 Å². The maximum atomic E-state index is 12.8. The molecule has 0 bridgehead atoms. The molecular weight excluding hydrogens is 412 g/mol. The minimum Gasteiger partial charge on any atom is -0.335 e. The van der Waals surface area contributed by atoms with Crippen LogP contribution in [0.25, 0.3) is 10.9 Å². The lowest BCUT2D eigenvalue weighted by molar-refractivity contribution is -0.117. The number of carbonyl (C=O) groups excluding carboxylic acids is 2. The van der Waals surface area contributed by atoms with Crippen LogP contribution in [0.3, 0.4) is 0 Å². The first-order valence-electron chi connectivity index (χ1n) is 9.91. The first-order valence-corrected chi connectivity index (χ1v) is 11.3. The molecule has 29 heavy (non-hydrogen) atoms. The number of rotatable bonds is 6. The van der Waals surface area contributed by atoms with Crippen molar-refractivity contribution in [3.8, 4) is 0 Å². The number of hydrogen-bond acceptors (Lipinski definition) is 5. The topological polar surface area (TPSA) is 93.1 Å². The summed E-state index contributed by atoms with van der Waals surface area (Å²) in [5.41, 5.74) is 0.333. The van der Waals surface area contributed by atoms with Crippen molar-refractivity contribution in [3.63, 3.8) is 0 Å². The van der Waals surface area contributed by atoms with E-state index in [1.54, 1.807) is 22.8 Å². The van der Waals surface area contributed by atoms with Crippen molar-refractivity contribution in [1.82, 2.24) is 20.2 Å². The molecule has 2 aromatic rings. The maximum absolute atomic E-state index is 12.8. The summed E-state index contributed by atoms with van der Waals surface area (Å²) in [5, 5.41) is 6.64. The Morgan fingerprint density at radius 2 is 2.03 bits per heavy atom. The van der Waals surface area contributed by atoms with Crippen LogP contribution in [-0.2, 0) is 11.3 Å². The molecular formula is C20H25ClN4O3S. The number of imide groups is 1. The molecule has 156 valence electrons. The quantitative estimate of drug-likeness (QED) is 0.531. The Labute approximate surface area is 178 Å². The van der Waals surface area contributed by atoms with Crippen LogP contribution in [0, 0.1) is 0 Å². The van der Waals surface area contributed by atoms with Crippen LogP contribution < -0.4 is 16.2 Å². The van der Waals surface area contributed by atoms with Crippen LogP contribution >= 0.6 is 23.4 Å². The lowest BCUT2D eigenvalue weighted by Crippen LogP contribution is -2.45. The molecule has 9 heteroatoms. The van der Waals surface area contributed by atoms with E-state index in [1.165, 1.54) is 6.42 Å². The Balaban J connectivity index is 1.67. The van der Waals surface area contributed by atoms with E-state index >= 15 is 0 Å². The van der Waals surface area contributed by atoms with Crippen molar-refractivity contribution in [2.75, 3.05) is 5.75 Å².